The monoisotopic (exact) mass is 331 g/mol. The quantitative estimate of drug-likeness (QED) is 0.790. The van der Waals surface area contributed by atoms with E-state index in [4.69, 9.17) is 9.47 Å². The first-order valence-electron chi connectivity index (χ1n) is 7.65. The average Bonchev–Trinajstić information content (AvgIpc) is 2.97. The number of benzene rings is 1. The molecule has 0 atom stereocenters. The molecule has 1 saturated heterocycles. The van der Waals surface area contributed by atoms with E-state index in [0.29, 0.717) is 11.3 Å². The summed E-state index contributed by atoms with van der Waals surface area (Å²) in [5.41, 5.74) is 0.617. The van der Waals surface area contributed by atoms with Crippen LogP contribution in [0.1, 0.15) is 0 Å². The Morgan fingerprint density at radius 3 is 3.09 bits per heavy atom. The zero-order chi connectivity index (χ0) is 15.6. The molecule has 0 saturated carbocycles. The van der Waals surface area contributed by atoms with Crippen molar-refractivity contribution in [3.05, 3.63) is 34.9 Å². The van der Waals surface area contributed by atoms with E-state index in [2.05, 4.69) is 14.9 Å². The highest BCUT2D eigenvalue weighted by molar-refractivity contribution is 7.25. The van der Waals surface area contributed by atoms with Crippen LogP contribution in [0.25, 0.3) is 20.3 Å². The van der Waals surface area contributed by atoms with E-state index < -0.39 is 0 Å². The van der Waals surface area contributed by atoms with E-state index >= 15 is 0 Å². The third kappa shape index (κ3) is 2.83. The first-order valence-corrected chi connectivity index (χ1v) is 8.46. The van der Waals surface area contributed by atoms with Gasteiger partial charge in [0, 0.05) is 24.3 Å². The molecule has 1 fully saturated rings. The van der Waals surface area contributed by atoms with Crippen molar-refractivity contribution in [2.75, 3.05) is 39.5 Å². The molecule has 7 heteroatoms. The Kier molecular flexibility index (Phi) is 3.99. The minimum absolute atomic E-state index is 0.101. The molecule has 6 nitrogen and oxygen atoms in total. The smallest absolute Gasteiger partial charge is 0.268 e. The summed E-state index contributed by atoms with van der Waals surface area (Å²) < 4.78 is 13.0. The molecule has 23 heavy (non-hydrogen) atoms. The van der Waals surface area contributed by atoms with Crippen LogP contribution in [-0.4, -0.2) is 54.3 Å². The van der Waals surface area contributed by atoms with Crippen LogP contribution in [-0.2, 0) is 4.74 Å². The van der Waals surface area contributed by atoms with Crippen LogP contribution in [0.4, 0.5) is 0 Å². The van der Waals surface area contributed by atoms with Crippen molar-refractivity contribution in [1.29, 1.82) is 0 Å². The Bertz CT molecular complexity index is 883. The molecule has 0 aliphatic carbocycles. The molecular formula is C16H17N3O3S. The lowest BCUT2D eigenvalue weighted by Gasteiger charge is -2.26. The Morgan fingerprint density at radius 2 is 2.22 bits per heavy atom. The molecule has 1 aromatic carbocycles. The van der Waals surface area contributed by atoms with Crippen molar-refractivity contribution in [2.45, 2.75) is 0 Å². The second-order valence-electron chi connectivity index (χ2n) is 5.44. The Labute approximate surface area is 136 Å². The highest BCUT2D eigenvalue weighted by Gasteiger charge is 2.14. The largest absolute Gasteiger partial charge is 0.491 e. The van der Waals surface area contributed by atoms with Gasteiger partial charge in [-0.2, -0.15) is 0 Å². The molecule has 1 aliphatic rings. The number of ether oxygens (including phenoxy) is 2. The number of morpholine rings is 1. The summed E-state index contributed by atoms with van der Waals surface area (Å²) in [5, 5.41) is 0.931. The van der Waals surface area contributed by atoms with E-state index in [1.165, 1.54) is 17.7 Å². The molecule has 120 valence electrons. The Hall–Kier alpha value is -1.96. The van der Waals surface area contributed by atoms with Gasteiger partial charge >= 0.3 is 0 Å². The summed E-state index contributed by atoms with van der Waals surface area (Å²) in [6.07, 6.45) is 1.45. The molecule has 0 spiro atoms. The normalized spacial score (nSPS) is 16.2. The van der Waals surface area contributed by atoms with Crippen molar-refractivity contribution in [1.82, 2.24) is 14.9 Å². The van der Waals surface area contributed by atoms with Gasteiger partial charge in [-0.1, -0.05) is 6.07 Å². The molecule has 3 aromatic rings. The van der Waals surface area contributed by atoms with Gasteiger partial charge in [0.05, 0.1) is 30.4 Å². The van der Waals surface area contributed by atoms with Gasteiger partial charge in [-0.25, -0.2) is 4.98 Å². The topological polar surface area (TPSA) is 67.5 Å². The van der Waals surface area contributed by atoms with Crippen molar-refractivity contribution in [3.63, 3.8) is 0 Å². The number of nitrogens with one attached hydrogen (secondary N) is 1. The van der Waals surface area contributed by atoms with Gasteiger partial charge in [-0.05, 0) is 12.1 Å². The summed E-state index contributed by atoms with van der Waals surface area (Å²) in [6.45, 7) is 4.96. The second-order valence-corrected chi connectivity index (χ2v) is 6.50. The predicted octanol–water partition coefficient (Wildman–Crippen LogP) is 1.85. The van der Waals surface area contributed by atoms with Crippen LogP contribution >= 0.6 is 11.3 Å². The zero-order valence-corrected chi connectivity index (χ0v) is 13.4. The van der Waals surface area contributed by atoms with Gasteiger partial charge < -0.3 is 14.5 Å². The number of H-pyrrole nitrogens is 1. The fourth-order valence-corrected chi connectivity index (χ4v) is 3.90. The summed E-state index contributed by atoms with van der Waals surface area (Å²) >= 11 is 1.45. The van der Waals surface area contributed by atoms with Gasteiger partial charge in [0.15, 0.2) is 0 Å². The van der Waals surface area contributed by atoms with Gasteiger partial charge in [0.25, 0.3) is 5.56 Å². The molecule has 1 N–H and O–H groups in total. The fourth-order valence-electron chi connectivity index (χ4n) is 2.83. The van der Waals surface area contributed by atoms with E-state index in [9.17, 15) is 4.79 Å². The maximum atomic E-state index is 11.9. The van der Waals surface area contributed by atoms with Crippen molar-refractivity contribution < 1.29 is 9.47 Å². The van der Waals surface area contributed by atoms with Gasteiger partial charge in [-0.3, -0.25) is 9.69 Å². The Balaban J connectivity index is 1.60. The first-order chi connectivity index (χ1) is 11.3. The number of fused-ring (bicyclic) bond motifs is 3. The Morgan fingerprint density at radius 1 is 1.35 bits per heavy atom. The zero-order valence-electron chi connectivity index (χ0n) is 12.6. The number of nitrogens with zero attached hydrogens (tertiary/aromatic N) is 2. The molecule has 0 unspecified atom stereocenters. The van der Waals surface area contributed by atoms with Crippen LogP contribution < -0.4 is 10.3 Å². The number of rotatable bonds is 4. The molecule has 2 aromatic heterocycles. The van der Waals surface area contributed by atoms with Crippen LogP contribution in [0.3, 0.4) is 0 Å². The highest BCUT2D eigenvalue weighted by Crippen LogP contribution is 2.36. The number of hydrogen-bond donors (Lipinski definition) is 1. The van der Waals surface area contributed by atoms with Crippen molar-refractivity contribution in [2.24, 2.45) is 0 Å². The maximum absolute atomic E-state index is 11.9. The minimum atomic E-state index is -0.101. The molecular weight excluding hydrogens is 314 g/mol. The molecule has 3 heterocycles. The van der Waals surface area contributed by atoms with Crippen molar-refractivity contribution in [3.8, 4) is 5.75 Å². The SMILES string of the molecule is O=c1[nH]cnc2c1sc1cccc(OCCN3CCOCC3)c12. The molecule has 4 rings (SSSR count). The third-order valence-electron chi connectivity index (χ3n) is 4.02. The maximum Gasteiger partial charge on any atom is 0.268 e. The molecule has 0 radical (unpaired) electrons. The van der Waals surface area contributed by atoms with Crippen LogP contribution in [0.15, 0.2) is 29.3 Å². The molecule has 0 amide bonds. The second kappa shape index (κ2) is 6.27. The van der Waals surface area contributed by atoms with Gasteiger partial charge in [-0.15, -0.1) is 11.3 Å². The lowest BCUT2D eigenvalue weighted by molar-refractivity contribution is 0.0323. The molecule has 1 aliphatic heterocycles. The lowest BCUT2D eigenvalue weighted by atomic mass is 10.2. The predicted molar refractivity (Wildman–Crippen MR) is 90.5 cm³/mol. The van der Waals surface area contributed by atoms with Crippen LogP contribution in [0.2, 0.25) is 0 Å². The van der Waals surface area contributed by atoms with Crippen LogP contribution in [0.5, 0.6) is 5.75 Å². The highest BCUT2D eigenvalue weighted by atomic mass is 32.1. The van der Waals surface area contributed by atoms with E-state index in [1.807, 2.05) is 18.2 Å². The lowest BCUT2D eigenvalue weighted by Crippen LogP contribution is -2.38. The van der Waals surface area contributed by atoms with E-state index in [0.717, 1.165) is 54.2 Å². The number of aromatic nitrogens is 2. The number of hydrogen-bond acceptors (Lipinski definition) is 6. The standard InChI is InChI=1S/C16H17N3O3S/c20-16-15-14(17-10-18-16)13-11(2-1-3-12(13)23-15)22-9-6-19-4-7-21-8-5-19/h1-3,10H,4-9H2,(H,17,18,20). The minimum Gasteiger partial charge on any atom is -0.491 e. The summed E-state index contributed by atoms with van der Waals surface area (Å²) in [4.78, 5) is 21.2. The fraction of sp³-hybridized carbons (Fsp3) is 0.375. The summed E-state index contributed by atoms with van der Waals surface area (Å²) in [6, 6.07) is 5.89. The van der Waals surface area contributed by atoms with Crippen LogP contribution in [0, 0.1) is 0 Å². The molecule has 0 bridgehead atoms. The van der Waals surface area contributed by atoms with Gasteiger partial charge in [0.1, 0.15) is 17.1 Å². The average molecular weight is 331 g/mol. The van der Waals surface area contributed by atoms with Gasteiger partial charge in [0.2, 0.25) is 0 Å². The van der Waals surface area contributed by atoms with E-state index in [1.54, 1.807) is 0 Å². The summed E-state index contributed by atoms with van der Waals surface area (Å²) in [7, 11) is 0. The number of thiophene rings is 1. The van der Waals surface area contributed by atoms with Crippen molar-refractivity contribution >= 4 is 31.6 Å². The number of aromatic amines is 1. The summed E-state index contributed by atoms with van der Waals surface area (Å²) in [5.74, 6) is 0.792. The third-order valence-corrected chi connectivity index (χ3v) is 5.16. The first kappa shape index (κ1) is 14.6. The van der Waals surface area contributed by atoms with E-state index in [-0.39, 0.29) is 5.56 Å².